The van der Waals surface area contributed by atoms with Crippen LogP contribution in [0.15, 0.2) is 34.1 Å². The highest BCUT2D eigenvalue weighted by Gasteiger charge is 2.17. The molecule has 1 N–H and O–H groups in total. The Kier molecular flexibility index (Phi) is 3.70. The smallest absolute Gasteiger partial charge is 0.116 e. The van der Waals surface area contributed by atoms with Gasteiger partial charge < -0.3 is 5.11 Å². The zero-order valence-electron chi connectivity index (χ0n) is 8.58. The molecule has 1 aromatic heterocycles. The van der Waals surface area contributed by atoms with Crippen LogP contribution in [0.1, 0.15) is 22.1 Å². The second kappa shape index (κ2) is 4.88. The van der Waals surface area contributed by atoms with Crippen LogP contribution in [0.25, 0.3) is 0 Å². The van der Waals surface area contributed by atoms with Gasteiger partial charge in [0.1, 0.15) is 6.10 Å². The van der Waals surface area contributed by atoms with Crippen molar-refractivity contribution in [1.29, 1.82) is 0 Å². The van der Waals surface area contributed by atoms with E-state index in [0.29, 0.717) is 5.02 Å². The number of benzene rings is 1. The zero-order chi connectivity index (χ0) is 11.7. The molecule has 0 fully saturated rings. The van der Waals surface area contributed by atoms with Gasteiger partial charge in [0, 0.05) is 10.0 Å². The van der Waals surface area contributed by atoms with Gasteiger partial charge in [0.15, 0.2) is 0 Å². The standard InChI is InChI=1S/C12H10BrClOS/c1-7-2-3-8(9(13)6-7)11(15)12-10(14)4-5-16-12/h2-6,11,15H,1H3. The average molecular weight is 318 g/mol. The molecule has 0 saturated carbocycles. The second-order valence-electron chi connectivity index (χ2n) is 3.56. The molecular weight excluding hydrogens is 308 g/mol. The fourth-order valence-corrected chi connectivity index (χ4v) is 3.37. The van der Waals surface area contributed by atoms with Crippen molar-refractivity contribution in [2.75, 3.05) is 0 Å². The minimum Gasteiger partial charge on any atom is -0.383 e. The number of aliphatic hydroxyl groups is 1. The summed E-state index contributed by atoms with van der Waals surface area (Å²) in [4.78, 5) is 0.784. The lowest BCUT2D eigenvalue weighted by Crippen LogP contribution is -1.99. The maximum atomic E-state index is 10.2. The summed E-state index contributed by atoms with van der Waals surface area (Å²) in [7, 11) is 0. The van der Waals surface area contributed by atoms with Crippen molar-refractivity contribution in [2.24, 2.45) is 0 Å². The molecule has 1 unspecified atom stereocenters. The predicted octanol–water partition coefficient (Wildman–Crippen LogP) is 4.55. The van der Waals surface area contributed by atoms with E-state index >= 15 is 0 Å². The van der Waals surface area contributed by atoms with Gasteiger partial charge in [0.05, 0.1) is 9.90 Å². The van der Waals surface area contributed by atoms with E-state index in [1.807, 2.05) is 30.5 Å². The number of halogens is 2. The van der Waals surface area contributed by atoms with Crippen molar-refractivity contribution in [3.05, 3.63) is 55.1 Å². The van der Waals surface area contributed by atoms with Crippen LogP contribution >= 0.6 is 38.9 Å². The molecule has 0 aliphatic carbocycles. The summed E-state index contributed by atoms with van der Waals surface area (Å²) >= 11 is 10.9. The molecule has 0 amide bonds. The quantitative estimate of drug-likeness (QED) is 0.861. The van der Waals surface area contributed by atoms with Crippen LogP contribution in [0.2, 0.25) is 5.02 Å². The number of rotatable bonds is 2. The summed E-state index contributed by atoms with van der Waals surface area (Å²) in [5.41, 5.74) is 2.00. The molecule has 0 saturated heterocycles. The molecule has 0 bridgehead atoms. The second-order valence-corrected chi connectivity index (χ2v) is 5.77. The van der Waals surface area contributed by atoms with Gasteiger partial charge in [-0.1, -0.05) is 39.7 Å². The maximum absolute atomic E-state index is 10.2. The van der Waals surface area contributed by atoms with Gasteiger partial charge in [-0.2, -0.15) is 0 Å². The summed E-state index contributed by atoms with van der Waals surface area (Å²) in [5.74, 6) is 0. The van der Waals surface area contributed by atoms with E-state index in [0.717, 1.165) is 20.5 Å². The minimum atomic E-state index is -0.664. The van der Waals surface area contributed by atoms with Gasteiger partial charge in [-0.15, -0.1) is 11.3 Å². The molecule has 2 aromatic rings. The van der Waals surface area contributed by atoms with Crippen LogP contribution in [-0.4, -0.2) is 5.11 Å². The molecule has 0 spiro atoms. The van der Waals surface area contributed by atoms with E-state index in [2.05, 4.69) is 15.9 Å². The molecule has 84 valence electrons. The van der Waals surface area contributed by atoms with Crippen molar-refractivity contribution < 1.29 is 5.11 Å². The minimum absolute atomic E-state index is 0.616. The van der Waals surface area contributed by atoms with Crippen molar-refractivity contribution >= 4 is 38.9 Å². The zero-order valence-corrected chi connectivity index (χ0v) is 11.7. The summed E-state index contributed by atoms with van der Waals surface area (Å²) in [5, 5.41) is 12.7. The number of aryl methyl sites for hydroxylation is 1. The number of hydrogen-bond acceptors (Lipinski definition) is 2. The van der Waals surface area contributed by atoms with Gasteiger partial charge >= 0.3 is 0 Å². The number of aliphatic hydroxyl groups excluding tert-OH is 1. The normalized spacial score (nSPS) is 12.8. The number of hydrogen-bond donors (Lipinski definition) is 1. The Morgan fingerprint density at radius 1 is 1.38 bits per heavy atom. The van der Waals surface area contributed by atoms with Crippen molar-refractivity contribution in [3.8, 4) is 0 Å². The Balaban J connectivity index is 2.41. The van der Waals surface area contributed by atoms with Crippen molar-refractivity contribution in [3.63, 3.8) is 0 Å². The van der Waals surface area contributed by atoms with E-state index in [9.17, 15) is 5.11 Å². The lowest BCUT2D eigenvalue weighted by molar-refractivity contribution is 0.223. The Hall–Kier alpha value is -0.350. The van der Waals surface area contributed by atoms with Gasteiger partial charge in [0.2, 0.25) is 0 Å². The summed E-state index contributed by atoms with van der Waals surface area (Å²) in [6.45, 7) is 2.01. The van der Waals surface area contributed by atoms with Crippen LogP contribution in [0.3, 0.4) is 0 Å². The molecule has 4 heteroatoms. The largest absolute Gasteiger partial charge is 0.383 e. The highest BCUT2D eigenvalue weighted by molar-refractivity contribution is 9.10. The molecule has 0 aliphatic rings. The first-order valence-corrected chi connectivity index (χ1v) is 6.81. The fourth-order valence-electron chi connectivity index (χ4n) is 1.50. The highest BCUT2D eigenvalue weighted by atomic mass is 79.9. The van der Waals surface area contributed by atoms with E-state index in [1.54, 1.807) is 6.07 Å². The van der Waals surface area contributed by atoms with Crippen molar-refractivity contribution in [2.45, 2.75) is 13.0 Å². The number of thiophene rings is 1. The third kappa shape index (κ3) is 2.33. The Labute approximate surface area is 112 Å². The molecule has 16 heavy (non-hydrogen) atoms. The van der Waals surface area contributed by atoms with Crippen LogP contribution in [0.5, 0.6) is 0 Å². The molecule has 1 atom stereocenters. The Bertz CT molecular complexity index is 509. The molecule has 1 heterocycles. The van der Waals surface area contributed by atoms with Crippen LogP contribution < -0.4 is 0 Å². The highest BCUT2D eigenvalue weighted by Crippen LogP contribution is 2.35. The molecular formula is C12H10BrClOS. The van der Waals surface area contributed by atoms with E-state index in [-0.39, 0.29) is 0 Å². The van der Waals surface area contributed by atoms with Gasteiger partial charge in [-0.3, -0.25) is 0 Å². The van der Waals surface area contributed by atoms with Crippen molar-refractivity contribution in [1.82, 2.24) is 0 Å². The first-order chi connectivity index (χ1) is 7.59. The third-order valence-electron chi connectivity index (χ3n) is 2.34. The maximum Gasteiger partial charge on any atom is 0.116 e. The lowest BCUT2D eigenvalue weighted by Gasteiger charge is -2.12. The SMILES string of the molecule is Cc1ccc(C(O)c2sccc2Cl)c(Br)c1. The summed E-state index contributed by atoms with van der Waals surface area (Å²) in [6, 6.07) is 7.68. The van der Waals surface area contributed by atoms with E-state index in [1.165, 1.54) is 11.3 Å². The molecule has 0 radical (unpaired) electrons. The fraction of sp³-hybridized carbons (Fsp3) is 0.167. The van der Waals surface area contributed by atoms with Crippen LogP contribution in [0, 0.1) is 6.92 Å². The average Bonchev–Trinajstić information content (AvgIpc) is 2.63. The predicted molar refractivity (Wildman–Crippen MR) is 72.3 cm³/mol. The lowest BCUT2D eigenvalue weighted by atomic mass is 10.1. The van der Waals surface area contributed by atoms with Crippen LogP contribution in [0.4, 0.5) is 0 Å². The third-order valence-corrected chi connectivity index (χ3v) is 4.44. The molecule has 1 aromatic carbocycles. The molecule has 1 nitrogen and oxygen atoms in total. The summed E-state index contributed by atoms with van der Waals surface area (Å²) in [6.07, 6.45) is -0.664. The van der Waals surface area contributed by atoms with Gasteiger partial charge in [-0.25, -0.2) is 0 Å². The Morgan fingerprint density at radius 2 is 2.12 bits per heavy atom. The molecule has 2 rings (SSSR count). The van der Waals surface area contributed by atoms with E-state index < -0.39 is 6.10 Å². The topological polar surface area (TPSA) is 20.2 Å². The van der Waals surface area contributed by atoms with Gasteiger partial charge in [0.25, 0.3) is 0 Å². The summed E-state index contributed by atoms with van der Waals surface area (Å²) < 4.78 is 0.907. The van der Waals surface area contributed by atoms with Crippen LogP contribution in [-0.2, 0) is 0 Å². The first kappa shape index (κ1) is 12.1. The van der Waals surface area contributed by atoms with Gasteiger partial charge in [-0.05, 0) is 30.0 Å². The Morgan fingerprint density at radius 3 is 2.69 bits per heavy atom. The monoisotopic (exact) mass is 316 g/mol. The molecule has 0 aliphatic heterocycles. The first-order valence-electron chi connectivity index (χ1n) is 4.76. The van der Waals surface area contributed by atoms with E-state index in [4.69, 9.17) is 11.6 Å².